The highest BCUT2D eigenvalue weighted by molar-refractivity contribution is 9.13. The number of nitrogens with zero attached hydrogens (tertiary/aromatic N) is 2. The van der Waals surface area contributed by atoms with E-state index in [0.717, 1.165) is 8.26 Å². The van der Waals surface area contributed by atoms with Crippen LogP contribution in [0.1, 0.15) is 15.4 Å². The minimum absolute atomic E-state index is 0.112. The Hall–Kier alpha value is -0.590. The minimum Gasteiger partial charge on any atom is -0.286 e. The first-order valence-electron chi connectivity index (χ1n) is 3.94. The highest BCUT2D eigenvalue weighted by Crippen LogP contribution is 2.33. The molecular formula is C9H4Br2N2OS. The standard InChI is InChI=1S/C9H4Br2N2OS/c10-5-3-7(15-9(5)11)8(14)6-4-12-1-2-13-6/h1-4H. The van der Waals surface area contributed by atoms with E-state index in [1.807, 2.05) is 0 Å². The molecule has 0 saturated heterocycles. The number of ketones is 1. The maximum absolute atomic E-state index is 11.9. The van der Waals surface area contributed by atoms with Crippen molar-refractivity contribution in [2.24, 2.45) is 0 Å². The molecule has 3 nitrogen and oxygen atoms in total. The van der Waals surface area contributed by atoms with Crippen molar-refractivity contribution in [3.8, 4) is 0 Å². The van der Waals surface area contributed by atoms with Gasteiger partial charge in [0.15, 0.2) is 0 Å². The second-order valence-electron chi connectivity index (χ2n) is 2.65. The third kappa shape index (κ3) is 2.32. The molecule has 0 aliphatic heterocycles. The third-order valence-corrected chi connectivity index (χ3v) is 4.92. The van der Waals surface area contributed by atoms with Gasteiger partial charge < -0.3 is 0 Å². The van der Waals surface area contributed by atoms with Gasteiger partial charge in [0.05, 0.1) is 14.9 Å². The Bertz CT molecular complexity index is 479. The molecule has 0 aliphatic rings. The zero-order valence-electron chi connectivity index (χ0n) is 7.28. The molecule has 76 valence electrons. The number of carbonyl (C=O) groups is 1. The first-order chi connectivity index (χ1) is 7.18. The predicted octanol–water partition coefficient (Wildman–Crippen LogP) is 3.29. The quantitative estimate of drug-likeness (QED) is 0.783. The van der Waals surface area contributed by atoms with Crippen LogP contribution < -0.4 is 0 Å². The van der Waals surface area contributed by atoms with Crippen LogP contribution in [0.4, 0.5) is 0 Å². The molecule has 0 saturated carbocycles. The molecule has 2 rings (SSSR count). The Morgan fingerprint density at radius 3 is 2.67 bits per heavy atom. The molecule has 0 atom stereocenters. The number of rotatable bonds is 2. The van der Waals surface area contributed by atoms with Crippen LogP contribution >= 0.6 is 43.2 Å². The van der Waals surface area contributed by atoms with Gasteiger partial charge in [-0.3, -0.25) is 9.78 Å². The Balaban J connectivity index is 2.37. The van der Waals surface area contributed by atoms with E-state index < -0.39 is 0 Å². The molecule has 0 fully saturated rings. The second kappa shape index (κ2) is 4.51. The molecule has 0 aromatic carbocycles. The zero-order chi connectivity index (χ0) is 10.8. The molecule has 0 amide bonds. The van der Waals surface area contributed by atoms with Gasteiger partial charge in [0.25, 0.3) is 0 Å². The highest BCUT2D eigenvalue weighted by Gasteiger charge is 2.14. The molecule has 2 aromatic heterocycles. The molecule has 2 aromatic rings. The number of thiophene rings is 1. The van der Waals surface area contributed by atoms with Crippen molar-refractivity contribution in [2.75, 3.05) is 0 Å². The average Bonchev–Trinajstić information content (AvgIpc) is 2.59. The fourth-order valence-electron chi connectivity index (χ4n) is 1.00. The first kappa shape index (κ1) is 10.9. The molecule has 0 unspecified atom stereocenters. The van der Waals surface area contributed by atoms with Crippen molar-refractivity contribution in [3.63, 3.8) is 0 Å². The fraction of sp³-hybridized carbons (Fsp3) is 0. The summed E-state index contributed by atoms with van der Waals surface area (Å²) in [5, 5.41) is 0. The number of hydrogen-bond acceptors (Lipinski definition) is 4. The summed E-state index contributed by atoms with van der Waals surface area (Å²) >= 11 is 8.04. The van der Waals surface area contributed by atoms with Crippen molar-refractivity contribution in [3.05, 3.63) is 43.5 Å². The summed E-state index contributed by atoms with van der Waals surface area (Å²) in [4.78, 5) is 20.3. The van der Waals surface area contributed by atoms with E-state index in [1.165, 1.54) is 29.9 Å². The summed E-state index contributed by atoms with van der Waals surface area (Å²) in [6.45, 7) is 0. The van der Waals surface area contributed by atoms with Gasteiger partial charge in [-0.05, 0) is 37.9 Å². The molecule has 0 N–H and O–H groups in total. The van der Waals surface area contributed by atoms with Crippen LogP contribution in [0, 0.1) is 0 Å². The number of halogens is 2. The van der Waals surface area contributed by atoms with E-state index in [4.69, 9.17) is 0 Å². The van der Waals surface area contributed by atoms with Gasteiger partial charge in [0.1, 0.15) is 5.69 Å². The van der Waals surface area contributed by atoms with Gasteiger partial charge in [-0.15, -0.1) is 11.3 Å². The summed E-state index contributed by atoms with van der Waals surface area (Å²) in [6.07, 6.45) is 4.51. The number of aromatic nitrogens is 2. The summed E-state index contributed by atoms with van der Waals surface area (Å²) in [5.74, 6) is -0.112. The van der Waals surface area contributed by atoms with Crippen LogP contribution in [0.5, 0.6) is 0 Å². The third-order valence-electron chi connectivity index (χ3n) is 1.66. The normalized spacial score (nSPS) is 10.3. The maximum atomic E-state index is 11.9. The predicted molar refractivity (Wildman–Crippen MR) is 65.2 cm³/mol. The molecule has 6 heteroatoms. The van der Waals surface area contributed by atoms with Crippen LogP contribution in [0.15, 0.2) is 32.9 Å². The summed E-state index contributed by atoms with van der Waals surface area (Å²) < 4.78 is 1.77. The van der Waals surface area contributed by atoms with E-state index in [9.17, 15) is 4.79 Å². The van der Waals surface area contributed by atoms with Crippen molar-refractivity contribution < 1.29 is 4.79 Å². The Kier molecular flexibility index (Phi) is 3.28. The van der Waals surface area contributed by atoms with Gasteiger partial charge in [-0.2, -0.15) is 0 Å². The average molecular weight is 348 g/mol. The van der Waals surface area contributed by atoms with Crippen LogP contribution in [0.25, 0.3) is 0 Å². The molecule has 2 heterocycles. The fourth-order valence-corrected chi connectivity index (χ4v) is 2.99. The lowest BCUT2D eigenvalue weighted by atomic mass is 10.2. The summed E-state index contributed by atoms with van der Waals surface area (Å²) in [6, 6.07) is 1.77. The minimum atomic E-state index is -0.112. The lowest BCUT2D eigenvalue weighted by Gasteiger charge is -1.94. The van der Waals surface area contributed by atoms with E-state index in [2.05, 4.69) is 41.8 Å². The van der Waals surface area contributed by atoms with Crippen molar-refractivity contribution in [1.82, 2.24) is 9.97 Å². The highest BCUT2D eigenvalue weighted by atomic mass is 79.9. The number of hydrogen-bond donors (Lipinski definition) is 0. The molecule has 0 spiro atoms. The Morgan fingerprint density at radius 2 is 2.13 bits per heavy atom. The van der Waals surface area contributed by atoms with Gasteiger partial charge >= 0.3 is 0 Å². The van der Waals surface area contributed by atoms with Gasteiger partial charge in [-0.25, -0.2) is 4.98 Å². The summed E-state index contributed by atoms with van der Waals surface area (Å²) in [5.41, 5.74) is 0.360. The van der Waals surface area contributed by atoms with Crippen molar-refractivity contribution in [1.29, 1.82) is 0 Å². The second-order valence-corrected chi connectivity index (χ2v) is 5.88. The van der Waals surface area contributed by atoms with Crippen LogP contribution in [-0.4, -0.2) is 15.8 Å². The van der Waals surface area contributed by atoms with Gasteiger partial charge in [0, 0.05) is 16.9 Å². The van der Waals surface area contributed by atoms with Crippen molar-refractivity contribution in [2.45, 2.75) is 0 Å². The molecule has 15 heavy (non-hydrogen) atoms. The van der Waals surface area contributed by atoms with Crippen LogP contribution in [0.3, 0.4) is 0 Å². The van der Waals surface area contributed by atoms with E-state index in [-0.39, 0.29) is 5.78 Å². The van der Waals surface area contributed by atoms with E-state index in [0.29, 0.717) is 10.6 Å². The smallest absolute Gasteiger partial charge is 0.222 e. The van der Waals surface area contributed by atoms with E-state index in [1.54, 1.807) is 6.07 Å². The summed E-state index contributed by atoms with van der Waals surface area (Å²) in [7, 11) is 0. The molecular weight excluding hydrogens is 344 g/mol. The van der Waals surface area contributed by atoms with Crippen LogP contribution in [-0.2, 0) is 0 Å². The Morgan fingerprint density at radius 1 is 1.33 bits per heavy atom. The Labute approximate surface area is 107 Å². The van der Waals surface area contributed by atoms with Crippen molar-refractivity contribution >= 4 is 49.0 Å². The monoisotopic (exact) mass is 346 g/mol. The van der Waals surface area contributed by atoms with Gasteiger partial charge in [0.2, 0.25) is 5.78 Å². The molecule has 0 bridgehead atoms. The molecule has 0 aliphatic carbocycles. The molecule has 0 radical (unpaired) electrons. The number of carbonyl (C=O) groups excluding carboxylic acids is 1. The largest absolute Gasteiger partial charge is 0.286 e. The maximum Gasteiger partial charge on any atom is 0.222 e. The van der Waals surface area contributed by atoms with Gasteiger partial charge in [-0.1, -0.05) is 0 Å². The lowest BCUT2D eigenvalue weighted by Crippen LogP contribution is -2.01. The zero-order valence-corrected chi connectivity index (χ0v) is 11.3. The van der Waals surface area contributed by atoms with Crippen LogP contribution in [0.2, 0.25) is 0 Å². The first-order valence-corrected chi connectivity index (χ1v) is 6.34. The van der Waals surface area contributed by atoms with E-state index >= 15 is 0 Å². The topological polar surface area (TPSA) is 42.9 Å². The SMILES string of the molecule is O=C(c1cnccn1)c1cc(Br)c(Br)s1. The lowest BCUT2D eigenvalue weighted by molar-refractivity contribution is 0.103.